The summed E-state index contributed by atoms with van der Waals surface area (Å²) in [5.74, 6) is 0. The molecule has 9 aromatic rings. The molecule has 0 unspecified atom stereocenters. The molecule has 0 saturated carbocycles. The van der Waals surface area contributed by atoms with Crippen LogP contribution in [0.5, 0.6) is 0 Å². The maximum absolute atomic E-state index is 6.94. The Morgan fingerprint density at radius 1 is 0.333 bits per heavy atom. The fraction of sp³-hybridized carbons (Fsp3) is 0. The van der Waals surface area contributed by atoms with Gasteiger partial charge in [-0.2, -0.15) is 0 Å². The van der Waals surface area contributed by atoms with Crippen LogP contribution in [-0.4, -0.2) is 13.4 Å². The van der Waals surface area contributed by atoms with Gasteiger partial charge in [-0.1, -0.05) is 150 Å². The number of anilines is 3. The molecule has 2 aromatic heterocycles. The smallest absolute Gasteiger partial charge is 0.290 e. The van der Waals surface area contributed by atoms with Crippen molar-refractivity contribution in [2.75, 3.05) is 4.90 Å². The highest BCUT2D eigenvalue weighted by molar-refractivity contribution is 7.12. The van der Waals surface area contributed by atoms with Gasteiger partial charge < -0.3 is 13.7 Å². The number of rotatable bonds is 6. The van der Waals surface area contributed by atoms with Gasteiger partial charge in [-0.15, -0.1) is 0 Å². The second-order valence-electron chi connectivity index (χ2n) is 13.2. The topological polar surface area (TPSA) is 29.5 Å². The first-order valence-electron chi connectivity index (χ1n) is 17.5. The molecule has 0 bridgehead atoms. The van der Waals surface area contributed by atoms with Crippen LogP contribution in [-0.2, 0) is 0 Å². The van der Waals surface area contributed by atoms with Crippen LogP contribution < -0.4 is 38.1 Å². The predicted molar refractivity (Wildman–Crippen MR) is 215 cm³/mol. The monoisotopic (exact) mass is 651 g/mol. The summed E-state index contributed by atoms with van der Waals surface area (Å²) in [5, 5.41) is 2.24. The quantitative estimate of drug-likeness (QED) is 0.173. The van der Waals surface area contributed by atoms with E-state index in [9.17, 15) is 0 Å². The van der Waals surface area contributed by atoms with Crippen molar-refractivity contribution in [1.29, 1.82) is 0 Å². The fourth-order valence-electron chi connectivity index (χ4n) is 8.01. The van der Waals surface area contributed by atoms with Gasteiger partial charge in [0.25, 0.3) is 13.4 Å². The maximum Gasteiger partial charge on any atom is 0.290 e. The van der Waals surface area contributed by atoms with E-state index in [1.54, 1.807) is 0 Å². The lowest BCUT2D eigenvalue weighted by molar-refractivity contribution is 0.647. The summed E-state index contributed by atoms with van der Waals surface area (Å²) >= 11 is 0. The number of furan rings is 2. The van der Waals surface area contributed by atoms with E-state index in [-0.39, 0.29) is 13.4 Å². The third kappa shape index (κ3) is 4.93. The van der Waals surface area contributed by atoms with Crippen LogP contribution in [0.25, 0.3) is 33.1 Å². The van der Waals surface area contributed by atoms with Crippen molar-refractivity contribution >= 4 is 85.6 Å². The molecule has 1 aliphatic heterocycles. The zero-order valence-corrected chi connectivity index (χ0v) is 27.8. The Balaban J connectivity index is 1.16. The largest absolute Gasteiger partial charge is 0.471 e. The Morgan fingerprint density at radius 3 is 1.20 bits per heavy atom. The molecule has 51 heavy (non-hydrogen) atoms. The SMILES string of the molecule is c1ccc(-c2ccc(B3c4oc5ccccc5c4B(c4ccc(N(c5ccccc5)c5ccccc5)cc4)c4oc5ccccc5c43)cc2)cc1. The summed E-state index contributed by atoms with van der Waals surface area (Å²) in [7, 11) is 0. The van der Waals surface area contributed by atoms with E-state index in [1.807, 2.05) is 0 Å². The lowest BCUT2D eigenvalue weighted by atomic mass is 9.24. The number of nitrogens with zero attached hydrogens (tertiary/aromatic N) is 1. The Morgan fingerprint density at radius 2 is 0.706 bits per heavy atom. The van der Waals surface area contributed by atoms with E-state index in [4.69, 9.17) is 8.83 Å². The third-order valence-corrected chi connectivity index (χ3v) is 10.3. The first-order valence-corrected chi connectivity index (χ1v) is 17.5. The number of hydrogen-bond donors (Lipinski definition) is 0. The van der Waals surface area contributed by atoms with Gasteiger partial charge in [0.2, 0.25) is 0 Å². The van der Waals surface area contributed by atoms with Crippen LogP contribution in [0, 0.1) is 0 Å². The first kappa shape index (κ1) is 29.5. The average molecular weight is 651 g/mol. The lowest BCUT2D eigenvalue weighted by Gasteiger charge is -2.27. The van der Waals surface area contributed by atoms with Crippen molar-refractivity contribution in [1.82, 2.24) is 0 Å². The minimum Gasteiger partial charge on any atom is -0.471 e. The van der Waals surface area contributed by atoms with Crippen LogP contribution in [0.15, 0.2) is 197 Å². The summed E-state index contributed by atoms with van der Waals surface area (Å²) < 4.78 is 13.9. The Labute approximate surface area is 297 Å². The molecule has 0 atom stereocenters. The minimum absolute atomic E-state index is 0.127. The molecule has 1 aliphatic rings. The average Bonchev–Trinajstić information content (AvgIpc) is 3.78. The lowest BCUT2D eigenvalue weighted by Crippen LogP contribution is -2.73. The van der Waals surface area contributed by atoms with Gasteiger partial charge in [0, 0.05) is 27.8 Å². The maximum atomic E-state index is 6.94. The molecule has 3 nitrogen and oxygen atoms in total. The van der Waals surface area contributed by atoms with Crippen molar-refractivity contribution in [2.24, 2.45) is 0 Å². The molecule has 0 amide bonds. The number of fused-ring (bicyclic) bond motifs is 6. The molecule has 10 rings (SSSR count). The second-order valence-corrected chi connectivity index (χ2v) is 13.2. The molecular weight excluding hydrogens is 620 g/mol. The summed E-state index contributed by atoms with van der Waals surface area (Å²) in [5.41, 5.74) is 14.1. The van der Waals surface area contributed by atoms with E-state index < -0.39 is 0 Å². The van der Waals surface area contributed by atoms with Crippen LogP contribution >= 0.6 is 0 Å². The summed E-state index contributed by atoms with van der Waals surface area (Å²) in [6.45, 7) is -0.278. The normalized spacial score (nSPS) is 12.2. The molecule has 0 fully saturated rings. The summed E-state index contributed by atoms with van der Waals surface area (Å²) in [4.78, 5) is 2.30. The molecule has 0 N–H and O–H groups in total. The number of hydrogen-bond acceptors (Lipinski definition) is 3. The Hall–Kier alpha value is -6.45. The summed E-state index contributed by atoms with van der Waals surface area (Å²) in [6, 6.07) is 66.4. The van der Waals surface area contributed by atoms with Gasteiger partial charge in [0.15, 0.2) is 0 Å². The van der Waals surface area contributed by atoms with Crippen molar-refractivity contribution in [3.8, 4) is 11.1 Å². The van der Waals surface area contributed by atoms with Gasteiger partial charge in [0.05, 0.1) is 11.3 Å². The van der Waals surface area contributed by atoms with Gasteiger partial charge in [-0.3, -0.25) is 0 Å². The van der Waals surface area contributed by atoms with Crippen LogP contribution in [0.4, 0.5) is 17.1 Å². The highest BCUT2D eigenvalue weighted by Gasteiger charge is 2.46. The Kier molecular flexibility index (Phi) is 7.02. The van der Waals surface area contributed by atoms with Crippen LogP contribution in [0.3, 0.4) is 0 Å². The predicted octanol–water partition coefficient (Wildman–Crippen LogP) is 7.66. The van der Waals surface area contributed by atoms with E-state index >= 15 is 0 Å². The van der Waals surface area contributed by atoms with Crippen molar-refractivity contribution in [3.05, 3.63) is 188 Å². The van der Waals surface area contributed by atoms with Crippen molar-refractivity contribution < 1.29 is 8.83 Å². The fourth-order valence-corrected chi connectivity index (χ4v) is 8.01. The molecule has 0 saturated heterocycles. The van der Waals surface area contributed by atoms with E-state index in [0.717, 1.165) is 55.8 Å². The molecule has 0 spiro atoms. The van der Waals surface area contributed by atoms with E-state index in [1.165, 1.54) is 27.5 Å². The van der Waals surface area contributed by atoms with Crippen LogP contribution in [0.1, 0.15) is 0 Å². The number of benzene rings is 7. The molecule has 7 aromatic carbocycles. The molecule has 0 radical (unpaired) electrons. The third-order valence-electron chi connectivity index (χ3n) is 10.3. The van der Waals surface area contributed by atoms with Gasteiger partial charge in [-0.25, -0.2) is 0 Å². The minimum atomic E-state index is -0.151. The molecular formula is C46H31B2NO2. The molecule has 3 heterocycles. The van der Waals surface area contributed by atoms with Crippen LogP contribution in [0.2, 0.25) is 0 Å². The molecule has 5 heteroatoms. The highest BCUT2D eigenvalue weighted by Crippen LogP contribution is 2.33. The van der Waals surface area contributed by atoms with Gasteiger partial charge >= 0.3 is 0 Å². The highest BCUT2D eigenvalue weighted by atomic mass is 16.3. The van der Waals surface area contributed by atoms with Gasteiger partial charge in [0.1, 0.15) is 11.2 Å². The molecule has 0 aliphatic carbocycles. The van der Waals surface area contributed by atoms with E-state index in [2.05, 4.69) is 193 Å². The second kappa shape index (κ2) is 12.2. The van der Waals surface area contributed by atoms with Crippen molar-refractivity contribution in [3.63, 3.8) is 0 Å². The Bertz CT molecular complexity index is 2590. The zero-order chi connectivity index (χ0) is 33.7. The summed E-state index contributed by atoms with van der Waals surface area (Å²) in [6.07, 6.45) is 0. The standard InChI is InChI=1S/C46H31B2NO2/c1-4-14-32(15-5-1)33-24-26-34(27-25-33)47-43-39-20-10-12-22-41(39)51-46(43)48(44-40-21-11-13-23-42(40)50-45(44)47)35-28-30-38(31-29-35)49(36-16-6-2-7-17-36)37-18-8-3-9-19-37/h1-31H. The number of para-hydroxylation sites is 4. The molecule has 238 valence electrons. The van der Waals surface area contributed by atoms with E-state index in [0.29, 0.717) is 0 Å². The first-order chi connectivity index (χ1) is 25.3. The zero-order valence-electron chi connectivity index (χ0n) is 27.8. The van der Waals surface area contributed by atoms with Crippen molar-refractivity contribution in [2.45, 2.75) is 0 Å². The van der Waals surface area contributed by atoms with Gasteiger partial charge in [-0.05, 0) is 70.6 Å².